The Kier molecular flexibility index (Phi) is 6.62. The predicted molar refractivity (Wildman–Crippen MR) is 122 cm³/mol. The van der Waals surface area contributed by atoms with E-state index in [4.69, 9.17) is 14.2 Å². The number of methoxy groups -OCH3 is 2. The molecule has 4 rings (SSSR count). The van der Waals surface area contributed by atoms with Gasteiger partial charge in [-0.1, -0.05) is 17.4 Å². The number of amides is 3. The van der Waals surface area contributed by atoms with E-state index in [1.165, 1.54) is 26.4 Å². The number of ether oxygens (including phenoxy) is 3. The third-order valence-electron chi connectivity index (χ3n) is 5.49. The monoisotopic (exact) mass is 481 g/mol. The first-order chi connectivity index (χ1) is 16.9. The average molecular weight is 481 g/mol. The second kappa shape index (κ2) is 9.79. The van der Waals surface area contributed by atoms with Gasteiger partial charge in [0.15, 0.2) is 23.6 Å². The summed E-state index contributed by atoms with van der Waals surface area (Å²) in [7, 11) is 2.92. The first kappa shape index (κ1) is 23.7. The molecule has 2 heterocycles. The maximum atomic E-state index is 13.2. The summed E-state index contributed by atoms with van der Waals surface area (Å²) in [6.45, 7) is 1.50. The number of hydrogen-bond donors (Lipinski definition) is 1. The Morgan fingerprint density at radius 2 is 1.77 bits per heavy atom. The standard InChI is InChI=1S/C23H23N5O7/c1-4-35-23(32)14-7-5-6-8-15(14)24-18(29)12-27-20-19(25-26-27)21(30)28(22(20)31)13-9-10-16(33-2)17(11-13)34-3/h5-11,19-20H,4,12H2,1-3H3,(H,24,29)/t19-,20-/m1/s1. The van der Waals surface area contributed by atoms with Crippen LogP contribution in [0.25, 0.3) is 0 Å². The van der Waals surface area contributed by atoms with E-state index in [2.05, 4.69) is 15.7 Å². The molecule has 1 N–H and O–H groups in total. The lowest BCUT2D eigenvalue weighted by Gasteiger charge is -2.21. The van der Waals surface area contributed by atoms with Gasteiger partial charge < -0.3 is 19.5 Å². The van der Waals surface area contributed by atoms with E-state index in [0.717, 1.165) is 9.91 Å². The summed E-state index contributed by atoms with van der Waals surface area (Å²) in [5, 5.41) is 11.6. The Hall–Kier alpha value is -4.48. The zero-order chi connectivity index (χ0) is 25.1. The van der Waals surface area contributed by atoms with Crippen molar-refractivity contribution >= 4 is 35.1 Å². The number of imide groups is 1. The molecule has 0 saturated carbocycles. The topological polar surface area (TPSA) is 139 Å². The van der Waals surface area contributed by atoms with Gasteiger partial charge in [0.2, 0.25) is 5.91 Å². The summed E-state index contributed by atoms with van der Waals surface area (Å²) in [6, 6.07) is 8.89. The predicted octanol–water partition coefficient (Wildman–Crippen LogP) is 1.81. The molecule has 2 aliphatic heterocycles. The van der Waals surface area contributed by atoms with Crippen molar-refractivity contribution in [2.45, 2.75) is 19.0 Å². The second-order valence-corrected chi connectivity index (χ2v) is 7.56. The fourth-order valence-corrected chi connectivity index (χ4v) is 3.89. The summed E-state index contributed by atoms with van der Waals surface area (Å²) in [5.74, 6) is -1.47. The van der Waals surface area contributed by atoms with Crippen LogP contribution in [0.5, 0.6) is 11.5 Å². The number of benzene rings is 2. The summed E-state index contributed by atoms with van der Waals surface area (Å²) < 4.78 is 15.5. The smallest absolute Gasteiger partial charge is 0.340 e. The third-order valence-corrected chi connectivity index (χ3v) is 5.49. The normalized spacial score (nSPS) is 18.5. The largest absolute Gasteiger partial charge is 0.493 e. The Morgan fingerprint density at radius 3 is 2.49 bits per heavy atom. The van der Waals surface area contributed by atoms with Crippen LogP contribution in [0.15, 0.2) is 52.8 Å². The number of carbonyl (C=O) groups is 4. The summed E-state index contributed by atoms with van der Waals surface area (Å²) in [4.78, 5) is 52.0. The van der Waals surface area contributed by atoms with E-state index in [9.17, 15) is 19.2 Å². The minimum Gasteiger partial charge on any atom is -0.493 e. The van der Waals surface area contributed by atoms with Crippen molar-refractivity contribution in [3.05, 3.63) is 48.0 Å². The number of nitrogens with one attached hydrogen (secondary N) is 1. The highest BCUT2D eigenvalue weighted by atomic mass is 16.5. The van der Waals surface area contributed by atoms with Gasteiger partial charge in [0, 0.05) is 6.07 Å². The number of carbonyl (C=O) groups excluding carboxylic acids is 4. The molecule has 1 saturated heterocycles. The fourth-order valence-electron chi connectivity index (χ4n) is 3.89. The van der Waals surface area contributed by atoms with Crippen molar-refractivity contribution in [3.8, 4) is 11.5 Å². The van der Waals surface area contributed by atoms with Crippen molar-refractivity contribution in [2.24, 2.45) is 10.3 Å². The molecule has 0 unspecified atom stereocenters. The van der Waals surface area contributed by atoms with E-state index in [-0.39, 0.29) is 30.1 Å². The molecular formula is C23H23N5O7. The Morgan fingerprint density at radius 1 is 1.03 bits per heavy atom. The van der Waals surface area contributed by atoms with Crippen LogP contribution in [0.1, 0.15) is 17.3 Å². The Labute approximate surface area is 200 Å². The van der Waals surface area contributed by atoms with E-state index in [1.54, 1.807) is 37.3 Å². The first-order valence-electron chi connectivity index (χ1n) is 10.7. The van der Waals surface area contributed by atoms with Crippen LogP contribution >= 0.6 is 0 Å². The summed E-state index contributed by atoms with van der Waals surface area (Å²) in [5.41, 5.74) is 0.731. The van der Waals surface area contributed by atoms with Gasteiger partial charge in [-0.25, -0.2) is 9.69 Å². The lowest BCUT2D eigenvalue weighted by atomic mass is 10.1. The number of anilines is 2. The fraction of sp³-hybridized carbons (Fsp3) is 0.304. The van der Waals surface area contributed by atoms with Gasteiger partial charge in [-0.2, -0.15) is 5.11 Å². The molecule has 3 amide bonds. The molecular weight excluding hydrogens is 458 g/mol. The molecule has 0 spiro atoms. The van der Waals surface area contributed by atoms with Crippen LogP contribution in [0.3, 0.4) is 0 Å². The van der Waals surface area contributed by atoms with Crippen molar-refractivity contribution in [3.63, 3.8) is 0 Å². The number of rotatable bonds is 8. The van der Waals surface area contributed by atoms with Crippen LogP contribution in [-0.4, -0.2) is 68.2 Å². The summed E-state index contributed by atoms with van der Waals surface area (Å²) >= 11 is 0. The number of hydrogen-bond acceptors (Lipinski definition) is 10. The van der Waals surface area contributed by atoms with Gasteiger partial charge in [-0.05, 0) is 31.2 Å². The highest BCUT2D eigenvalue weighted by molar-refractivity contribution is 6.25. The highest BCUT2D eigenvalue weighted by Gasteiger charge is 2.55. The van der Waals surface area contributed by atoms with Crippen molar-refractivity contribution < 1.29 is 33.4 Å². The number of fused-ring (bicyclic) bond motifs is 1. The van der Waals surface area contributed by atoms with Gasteiger partial charge in [0.05, 0.1) is 37.8 Å². The molecule has 12 nitrogen and oxygen atoms in total. The lowest BCUT2D eigenvalue weighted by Crippen LogP contribution is -2.43. The molecule has 0 aromatic heterocycles. The van der Waals surface area contributed by atoms with Gasteiger partial charge in [0.1, 0.15) is 6.54 Å². The maximum absolute atomic E-state index is 13.2. The molecule has 182 valence electrons. The Bertz CT molecular complexity index is 1210. The minimum absolute atomic E-state index is 0.186. The molecule has 2 aromatic rings. The van der Waals surface area contributed by atoms with Crippen LogP contribution in [0.4, 0.5) is 11.4 Å². The quantitative estimate of drug-likeness (QED) is 0.445. The number of para-hydroxylation sites is 1. The van der Waals surface area contributed by atoms with Crippen LogP contribution in [0, 0.1) is 0 Å². The van der Waals surface area contributed by atoms with Crippen molar-refractivity contribution in [1.82, 2.24) is 5.01 Å². The second-order valence-electron chi connectivity index (χ2n) is 7.56. The molecule has 0 radical (unpaired) electrons. The zero-order valence-electron chi connectivity index (χ0n) is 19.3. The number of nitrogens with zero attached hydrogens (tertiary/aromatic N) is 4. The van der Waals surface area contributed by atoms with Crippen molar-refractivity contribution in [1.29, 1.82) is 0 Å². The van der Waals surface area contributed by atoms with E-state index in [1.807, 2.05) is 0 Å². The van der Waals surface area contributed by atoms with Gasteiger partial charge in [-0.15, -0.1) is 0 Å². The molecule has 2 aromatic carbocycles. The maximum Gasteiger partial charge on any atom is 0.340 e. The SMILES string of the molecule is CCOC(=O)c1ccccc1NC(=O)CN1N=N[C@H]2C(=O)N(c3ccc(OC)c(OC)c3)C(=O)[C@@H]21. The van der Waals surface area contributed by atoms with Gasteiger partial charge in [-0.3, -0.25) is 19.4 Å². The molecule has 12 heteroatoms. The van der Waals surface area contributed by atoms with Crippen LogP contribution in [0.2, 0.25) is 0 Å². The average Bonchev–Trinajstić information content (AvgIpc) is 3.37. The van der Waals surface area contributed by atoms with Crippen molar-refractivity contribution in [2.75, 3.05) is 37.6 Å². The molecule has 0 bridgehead atoms. The highest BCUT2D eigenvalue weighted by Crippen LogP contribution is 2.36. The van der Waals surface area contributed by atoms with Crippen LogP contribution in [-0.2, 0) is 19.1 Å². The molecule has 2 aliphatic rings. The Balaban J connectivity index is 1.50. The van der Waals surface area contributed by atoms with Gasteiger partial charge in [0.25, 0.3) is 11.8 Å². The third kappa shape index (κ3) is 4.37. The molecule has 0 aliphatic carbocycles. The summed E-state index contributed by atoms with van der Waals surface area (Å²) in [6.07, 6.45) is 0. The lowest BCUT2D eigenvalue weighted by molar-refractivity contribution is -0.123. The molecule has 1 fully saturated rings. The minimum atomic E-state index is -1.07. The zero-order valence-corrected chi connectivity index (χ0v) is 19.3. The van der Waals surface area contributed by atoms with E-state index < -0.39 is 35.8 Å². The van der Waals surface area contributed by atoms with E-state index in [0.29, 0.717) is 11.5 Å². The first-order valence-corrected chi connectivity index (χ1v) is 10.7. The molecule has 2 atom stereocenters. The number of esters is 1. The van der Waals surface area contributed by atoms with Crippen LogP contribution < -0.4 is 19.7 Å². The van der Waals surface area contributed by atoms with E-state index >= 15 is 0 Å². The molecule has 35 heavy (non-hydrogen) atoms. The van der Waals surface area contributed by atoms with Gasteiger partial charge >= 0.3 is 5.97 Å².